The van der Waals surface area contributed by atoms with E-state index >= 15 is 0 Å². The highest BCUT2D eigenvalue weighted by Gasteiger charge is 2.17. The molecule has 0 aliphatic carbocycles. The molecule has 20 heavy (non-hydrogen) atoms. The maximum atomic E-state index is 11.1. The van der Waals surface area contributed by atoms with Crippen LogP contribution in [-0.2, 0) is 9.84 Å². The molecule has 0 radical (unpaired) electrons. The topological polar surface area (TPSA) is 126 Å². The predicted molar refractivity (Wildman–Crippen MR) is 77.3 cm³/mol. The maximum absolute atomic E-state index is 11.1. The zero-order chi connectivity index (χ0) is 14.6. The zero-order valence-corrected chi connectivity index (χ0v) is 12.2. The second-order valence-corrected chi connectivity index (χ2v) is 6.94. The number of anilines is 3. The fourth-order valence-electron chi connectivity index (χ4n) is 1.92. The van der Waals surface area contributed by atoms with Crippen LogP contribution in [0.1, 0.15) is 12.8 Å². The molecule has 112 valence electrons. The molecule has 1 aliphatic rings. The number of hydrogen-bond donors (Lipinski definition) is 3. The van der Waals surface area contributed by atoms with Crippen LogP contribution < -0.4 is 21.5 Å². The number of nitrogens with two attached hydrogens (primary N) is 1. The van der Waals surface area contributed by atoms with Gasteiger partial charge in [0.05, 0.1) is 5.75 Å². The minimum atomic E-state index is -3.02. The Labute approximate surface area is 117 Å². The lowest BCUT2D eigenvalue weighted by Crippen LogP contribution is -2.24. The molecular formula is C10H19N7O2S. The molecule has 1 saturated heterocycles. The van der Waals surface area contributed by atoms with Crippen LogP contribution in [0, 0.1) is 0 Å². The summed E-state index contributed by atoms with van der Waals surface area (Å²) in [7, 11) is -3.02. The van der Waals surface area contributed by atoms with E-state index in [0.29, 0.717) is 11.9 Å². The van der Waals surface area contributed by atoms with E-state index in [2.05, 4.69) is 25.7 Å². The Kier molecular flexibility index (Phi) is 4.55. The van der Waals surface area contributed by atoms with Gasteiger partial charge in [-0.15, -0.1) is 0 Å². The summed E-state index contributed by atoms with van der Waals surface area (Å²) < 4.78 is 22.2. The third-order valence-electron chi connectivity index (χ3n) is 2.90. The van der Waals surface area contributed by atoms with E-state index < -0.39 is 9.84 Å². The van der Waals surface area contributed by atoms with Crippen molar-refractivity contribution in [1.82, 2.24) is 15.0 Å². The molecule has 0 aromatic carbocycles. The number of hydrazine groups is 1. The van der Waals surface area contributed by atoms with Crippen LogP contribution in [-0.4, -0.2) is 55.0 Å². The Balaban J connectivity index is 2.09. The molecule has 4 N–H and O–H groups in total. The molecule has 1 aromatic heterocycles. The summed E-state index contributed by atoms with van der Waals surface area (Å²) >= 11 is 0. The van der Waals surface area contributed by atoms with Crippen molar-refractivity contribution in [3.63, 3.8) is 0 Å². The van der Waals surface area contributed by atoms with Crippen molar-refractivity contribution in [2.45, 2.75) is 12.8 Å². The molecule has 2 heterocycles. The highest BCUT2D eigenvalue weighted by atomic mass is 32.2. The second-order valence-electron chi connectivity index (χ2n) is 4.68. The number of aromatic nitrogens is 3. The lowest BCUT2D eigenvalue weighted by Gasteiger charge is -2.16. The summed E-state index contributed by atoms with van der Waals surface area (Å²) in [6.45, 7) is 2.04. The minimum Gasteiger partial charge on any atom is -0.353 e. The summed E-state index contributed by atoms with van der Waals surface area (Å²) in [5.74, 6) is 6.48. The lowest BCUT2D eigenvalue weighted by atomic mass is 10.4. The third-order valence-corrected chi connectivity index (χ3v) is 3.84. The SMILES string of the molecule is CS(=O)(=O)CCNc1nc(NN)nc(N2CCCC2)n1. The largest absolute Gasteiger partial charge is 0.353 e. The Bertz CT molecular complexity index is 557. The van der Waals surface area contributed by atoms with Crippen molar-refractivity contribution in [3.05, 3.63) is 0 Å². The molecule has 10 heteroatoms. The first-order valence-corrected chi connectivity index (χ1v) is 8.43. The van der Waals surface area contributed by atoms with E-state index in [4.69, 9.17) is 5.84 Å². The lowest BCUT2D eigenvalue weighted by molar-refractivity contribution is 0.602. The van der Waals surface area contributed by atoms with Gasteiger partial charge < -0.3 is 10.2 Å². The minimum absolute atomic E-state index is 0.0170. The number of nitrogens with one attached hydrogen (secondary N) is 2. The molecule has 0 unspecified atom stereocenters. The molecule has 1 aromatic rings. The summed E-state index contributed by atoms with van der Waals surface area (Å²) in [5.41, 5.74) is 2.39. The van der Waals surface area contributed by atoms with Crippen molar-refractivity contribution in [1.29, 1.82) is 0 Å². The van der Waals surface area contributed by atoms with Crippen LogP contribution >= 0.6 is 0 Å². The second kappa shape index (κ2) is 6.18. The van der Waals surface area contributed by atoms with Gasteiger partial charge in [-0.25, -0.2) is 14.3 Å². The van der Waals surface area contributed by atoms with Gasteiger partial charge in [0.15, 0.2) is 0 Å². The van der Waals surface area contributed by atoms with Gasteiger partial charge in [0.1, 0.15) is 9.84 Å². The number of sulfone groups is 1. The van der Waals surface area contributed by atoms with Gasteiger partial charge in [-0.3, -0.25) is 5.43 Å². The Hall–Kier alpha value is -1.68. The fourth-order valence-corrected chi connectivity index (χ4v) is 2.39. The molecule has 0 spiro atoms. The van der Waals surface area contributed by atoms with E-state index in [-0.39, 0.29) is 18.2 Å². The van der Waals surface area contributed by atoms with Crippen LogP contribution in [0.4, 0.5) is 17.8 Å². The van der Waals surface area contributed by atoms with Gasteiger partial charge in [0, 0.05) is 25.9 Å². The molecule has 0 bridgehead atoms. The molecule has 0 saturated carbocycles. The quantitative estimate of drug-likeness (QED) is 0.458. The van der Waals surface area contributed by atoms with E-state index in [1.807, 2.05) is 4.90 Å². The molecule has 1 aliphatic heterocycles. The summed E-state index contributed by atoms with van der Waals surface area (Å²) in [5, 5.41) is 2.88. The molecule has 2 rings (SSSR count). The molecular weight excluding hydrogens is 282 g/mol. The van der Waals surface area contributed by atoms with Gasteiger partial charge in [-0.05, 0) is 12.8 Å². The van der Waals surface area contributed by atoms with E-state index in [9.17, 15) is 8.42 Å². The summed E-state index contributed by atoms with van der Waals surface area (Å²) in [4.78, 5) is 14.6. The van der Waals surface area contributed by atoms with E-state index in [1.165, 1.54) is 6.26 Å². The number of nitrogens with zero attached hydrogens (tertiary/aromatic N) is 4. The molecule has 1 fully saturated rings. The van der Waals surface area contributed by atoms with Crippen molar-refractivity contribution >= 4 is 27.7 Å². The average molecular weight is 301 g/mol. The Morgan fingerprint density at radius 3 is 2.45 bits per heavy atom. The zero-order valence-electron chi connectivity index (χ0n) is 11.3. The monoisotopic (exact) mass is 301 g/mol. The smallest absolute Gasteiger partial charge is 0.243 e. The molecule has 0 amide bonds. The van der Waals surface area contributed by atoms with E-state index in [1.54, 1.807) is 0 Å². The van der Waals surface area contributed by atoms with Gasteiger partial charge >= 0.3 is 0 Å². The fraction of sp³-hybridized carbons (Fsp3) is 0.700. The van der Waals surface area contributed by atoms with Crippen LogP contribution in [0.3, 0.4) is 0 Å². The van der Waals surface area contributed by atoms with Gasteiger partial charge in [-0.1, -0.05) is 0 Å². The standard InChI is InChI=1S/C10H19N7O2S/c1-20(18,19)7-4-12-8-13-9(16-11)15-10(14-8)17-5-2-3-6-17/h2-7,11H2,1H3,(H2,12,13,14,15,16). The average Bonchev–Trinajstić information content (AvgIpc) is 2.90. The molecule has 0 atom stereocenters. The van der Waals surface area contributed by atoms with Crippen LogP contribution in [0.5, 0.6) is 0 Å². The van der Waals surface area contributed by atoms with Crippen molar-refractivity contribution in [2.24, 2.45) is 5.84 Å². The highest BCUT2D eigenvalue weighted by Crippen LogP contribution is 2.18. The van der Waals surface area contributed by atoms with Gasteiger partial charge in [0.25, 0.3) is 0 Å². The first-order chi connectivity index (χ1) is 9.48. The maximum Gasteiger partial charge on any atom is 0.243 e. The van der Waals surface area contributed by atoms with Crippen molar-refractivity contribution in [3.8, 4) is 0 Å². The highest BCUT2D eigenvalue weighted by molar-refractivity contribution is 7.90. The van der Waals surface area contributed by atoms with Gasteiger partial charge in [0.2, 0.25) is 17.8 Å². The summed E-state index contributed by atoms with van der Waals surface area (Å²) in [6.07, 6.45) is 3.40. The Morgan fingerprint density at radius 2 is 1.85 bits per heavy atom. The van der Waals surface area contributed by atoms with Gasteiger partial charge in [-0.2, -0.15) is 15.0 Å². The number of nitrogen functional groups attached to an aromatic ring is 1. The molecule has 9 nitrogen and oxygen atoms in total. The van der Waals surface area contributed by atoms with Crippen LogP contribution in [0.2, 0.25) is 0 Å². The Morgan fingerprint density at radius 1 is 1.20 bits per heavy atom. The number of hydrogen-bond acceptors (Lipinski definition) is 9. The van der Waals surface area contributed by atoms with Crippen LogP contribution in [0.15, 0.2) is 0 Å². The third kappa shape index (κ3) is 4.17. The normalized spacial score (nSPS) is 15.4. The number of rotatable bonds is 6. The first kappa shape index (κ1) is 14.7. The predicted octanol–water partition coefficient (Wildman–Crippen LogP) is -0.786. The van der Waals surface area contributed by atoms with Crippen LogP contribution in [0.25, 0.3) is 0 Å². The van der Waals surface area contributed by atoms with Crippen molar-refractivity contribution in [2.75, 3.05) is 47.3 Å². The first-order valence-electron chi connectivity index (χ1n) is 6.37. The summed E-state index contributed by atoms with van der Waals surface area (Å²) in [6, 6.07) is 0. The van der Waals surface area contributed by atoms with E-state index in [0.717, 1.165) is 25.9 Å². The van der Waals surface area contributed by atoms with Crippen molar-refractivity contribution < 1.29 is 8.42 Å².